The van der Waals surface area contributed by atoms with Gasteiger partial charge in [-0.15, -0.1) is 35.9 Å². The van der Waals surface area contributed by atoms with Crippen LogP contribution in [0.4, 0.5) is 0 Å². The third-order valence-electron chi connectivity index (χ3n) is 8.55. The number of pyridine rings is 2. The summed E-state index contributed by atoms with van der Waals surface area (Å²) >= 11 is -2.00. The van der Waals surface area contributed by atoms with Gasteiger partial charge in [-0.25, -0.2) is 0 Å². The summed E-state index contributed by atoms with van der Waals surface area (Å²) in [7, 11) is 0. The maximum absolute atomic E-state index is 6.58. The normalized spacial score (nSPS) is 11.7. The first kappa shape index (κ1) is 34.5. The average Bonchev–Trinajstić information content (AvgIpc) is 3.67. The van der Waals surface area contributed by atoms with Crippen LogP contribution in [0, 0.1) is 12.1 Å². The van der Waals surface area contributed by atoms with E-state index in [1.54, 1.807) is 6.20 Å². The Morgan fingerprint density at radius 3 is 2.20 bits per heavy atom. The van der Waals surface area contributed by atoms with Gasteiger partial charge in [-0.3, -0.25) is 0 Å². The van der Waals surface area contributed by atoms with Gasteiger partial charge < -0.3 is 4.98 Å². The molecule has 0 unspecified atom stereocenters. The van der Waals surface area contributed by atoms with Crippen LogP contribution in [0.2, 0.25) is 17.3 Å². The number of nitrogens with zero attached hydrogens (tertiary/aromatic N) is 4. The van der Waals surface area contributed by atoms with Gasteiger partial charge in [0.1, 0.15) is 0 Å². The van der Waals surface area contributed by atoms with Crippen molar-refractivity contribution in [1.29, 1.82) is 0 Å². The molecule has 8 aromatic rings. The molecule has 4 aromatic carbocycles. The second kappa shape index (κ2) is 13.9. The van der Waals surface area contributed by atoms with E-state index in [0.717, 1.165) is 61.4 Å². The predicted molar refractivity (Wildman–Crippen MR) is 201 cm³/mol. The van der Waals surface area contributed by atoms with Crippen molar-refractivity contribution in [3.8, 4) is 28.3 Å². The van der Waals surface area contributed by atoms with Gasteiger partial charge >= 0.3 is 215 Å². The van der Waals surface area contributed by atoms with Gasteiger partial charge in [-0.1, -0.05) is 12.1 Å². The van der Waals surface area contributed by atoms with Gasteiger partial charge in [0.05, 0.1) is 0 Å². The molecule has 0 saturated heterocycles. The smallest absolute Gasteiger partial charge is 0.0160 e. The summed E-state index contributed by atoms with van der Waals surface area (Å²) in [5.74, 6) is 8.01. The van der Waals surface area contributed by atoms with Crippen LogP contribution in [-0.2, 0) is 25.5 Å². The summed E-state index contributed by atoms with van der Waals surface area (Å²) in [5.41, 5.74) is 8.53. The quantitative estimate of drug-likeness (QED) is 0.131. The molecule has 247 valence electrons. The van der Waals surface area contributed by atoms with E-state index < -0.39 is 13.3 Å². The first-order valence-corrected chi connectivity index (χ1v) is 23.6. The SMILES string of the molecule is CC(C)(C)c1ccnc2nc(-c3[c-]ccc4c3oc3c[c]([Ge]([CH3])([CH3])[CH3])ccc34)n(-c3ccccc3)c12.[Ir].[c-]1ccccc1-c1ccccn1. The van der Waals surface area contributed by atoms with Gasteiger partial charge in [0.25, 0.3) is 0 Å². The minimum Gasteiger partial charge on any atom is -0.305 e. The summed E-state index contributed by atoms with van der Waals surface area (Å²) in [6.45, 7) is 6.69. The number of imidazole rings is 1. The first-order chi connectivity index (χ1) is 23.1. The Morgan fingerprint density at radius 2 is 1.51 bits per heavy atom. The number of furan rings is 1. The molecule has 0 N–H and O–H groups in total. The van der Waals surface area contributed by atoms with Gasteiger partial charge in [-0.05, 0) is 11.8 Å². The van der Waals surface area contributed by atoms with Crippen LogP contribution in [0.1, 0.15) is 26.3 Å². The van der Waals surface area contributed by atoms with Crippen LogP contribution in [0.15, 0.2) is 126 Å². The summed E-state index contributed by atoms with van der Waals surface area (Å²) in [6, 6.07) is 43.6. The largest absolute Gasteiger partial charge is 0.305 e. The minimum atomic E-state index is -2.00. The van der Waals surface area contributed by atoms with Crippen molar-refractivity contribution < 1.29 is 24.5 Å². The molecule has 0 aliphatic heterocycles. The Bertz CT molecular complexity index is 2320. The number of fused-ring (bicyclic) bond motifs is 4. The molecule has 4 aromatic heterocycles. The molecule has 0 atom stereocenters. The summed E-state index contributed by atoms with van der Waals surface area (Å²) in [4.78, 5) is 14.0. The Hall–Kier alpha value is -4.36. The molecule has 8 rings (SSSR count). The standard InChI is InChI=1S/C31H30GeN3O.C11H8N.Ir/c1-31(2,3)25-17-18-33-29-27(25)35(21-11-8-7-9-12-21)30(34-29)24-14-10-13-23-22-16-15-20(32(4,5)6)19-26(22)36-28(23)24;1-2-6-10(7-3-1)11-8-4-5-9-12-11;/h7-13,15-19H,1-6H3;1-6,8-9H;/q2*-1;. The van der Waals surface area contributed by atoms with E-state index in [1.807, 2.05) is 60.8 Å². The average molecular weight is 880 g/mol. The Balaban J connectivity index is 0.000000270. The molecule has 0 saturated carbocycles. The van der Waals surface area contributed by atoms with E-state index in [9.17, 15) is 0 Å². The number of para-hydroxylation sites is 1. The van der Waals surface area contributed by atoms with E-state index in [2.05, 4.69) is 119 Å². The zero-order valence-corrected chi connectivity index (χ0v) is 33.1. The fourth-order valence-electron chi connectivity index (χ4n) is 6.05. The van der Waals surface area contributed by atoms with Crippen LogP contribution >= 0.6 is 0 Å². The zero-order valence-electron chi connectivity index (χ0n) is 28.6. The Labute approximate surface area is 304 Å². The predicted octanol–water partition coefficient (Wildman–Crippen LogP) is 10.2. The zero-order chi connectivity index (χ0) is 33.5. The number of rotatable bonds is 4. The maximum Gasteiger partial charge on any atom is 0.0160 e. The van der Waals surface area contributed by atoms with Crippen molar-refractivity contribution >= 4 is 50.8 Å². The van der Waals surface area contributed by atoms with Gasteiger partial charge in [0, 0.05) is 26.3 Å². The number of aromatic nitrogens is 4. The van der Waals surface area contributed by atoms with E-state index >= 15 is 0 Å². The van der Waals surface area contributed by atoms with E-state index in [4.69, 9.17) is 9.40 Å². The van der Waals surface area contributed by atoms with Crippen molar-refractivity contribution in [2.45, 2.75) is 43.5 Å². The third kappa shape index (κ3) is 6.91. The van der Waals surface area contributed by atoms with E-state index in [1.165, 1.54) is 9.96 Å². The fraction of sp³-hybridized carbons (Fsp3) is 0.167. The summed E-state index contributed by atoms with van der Waals surface area (Å²) in [5, 5.41) is 2.22. The molecular formula is C42H38GeIrN4O-2. The second-order valence-electron chi connectivity index (χ2n) is 14.0. The molecule has 0 spiro atoms. The minimum absolute atomic E-state index is 0. The monoisotopic (exact) mass is 881 g/mol. The van der Waals surface area contributed by atoms with Crippen LogP contribution in [-0.4, -0.2) is 32.8 Å². The molecule has 0 aliphatic rings. The van der Waals surface area contributed by atoms with Crippen molar-refractivity contribution in [3.05, 3.63) is 139 Å². The van der Waals surface area contributed by atoms with Gasteiger partial charge in [-0.2, -0.15) is 0 Å². The number of benzene rings is 4. The molecule has 49 heavy (non-hydrogen) atoms. The van der Waals surface area contributed by atoms with Crippen LogP contribution in [0.5, 0.6) is 0 Å². The molecule has 7 heteroatoms. The van der Waals surface area contributed by atoms with Crippen molar-refractivity contribution in [1.82, 2.24) is 19.5 Å². The molecule has 0 fully saturated rings. The molecule has 0 amide bonds. The van der Waals surface area contributed by atoms with E-state index in [0.29, 0.717) is 0 Å². The summed E-state index contributed by atoms with van der Waals surface area (Å²) < 4.78 is 10.2. The molecule has 0 aliphatic carbocycles. The molecular weight excluding hydrogens is 841 g/mol. The number of hydrogen-bond donors (Lipinski definition) is 0. The maximum atomic E-state index is 6.58. The Kier molecular flexibility index (Phi) is 9.77. The van der Waals surface area contributed by atoms with Crippen molar-refractivity contribution in [2.24, 2.45) is 0 Å². The van der Waals surface area contributed by atoms with E-state index in [-0.39, 0.29) is 25.5 Å². The van der Waals surface area contributed by atoms with Crippen LogP contribution in [0.3, 0.4) is 0 Å². The molecule has 0 bridgehead atoms. The third-order valence-corrected chi connectivity index (χ3v) is 12.8. The second-order valence-corrected chi connectivity index (χ2v) is 24.7. The molecule has 1 radical (unpaired) electrons. The topological polar surface area (TPSA) is 56.7 Å². The molecule has 5 nitrogen and oxygen atoms in total. The van der Waals surface area contributed by atoms with Crippen molar-refractivity contribution in [3.63, 3.8) is 0 Å². The van der Waals surface area contributed by atoms with Crippen LogP contribution < -0.4 is 4.40 Å². The number of hydrogen-bond acceptors (Lipinski definition) is 4. The van der Waals surface area contributed by atoms with Crippen molar-refractivity contribution in [2.75, 3.05) is 0 Å². The van der Waals surface area contributed by atoms with Gasteiger partial charge in [0.15, 0.2) is 0 Å². The van der Waals surface area contributed by atoms with Gasteiger partial charge in [0.2, 0.25) is 0 Å². The molecule has 4 heterocycles. The first-order valence-electron chi connectivity index (χ1n) is 16.3. The summed E-state index contributed by atoms with van der Waals surface area (Å²) in [6.07, 6.45) is 3.65. The fourth-order valence-corrected chi connectivity index (χ4v) is 8.46. The Morgan fingerprint density at radius 1 is 0.735 bits per heavy atom. The van der Waals surface area contributed by atoms with Crippen LogP contribution in [0.25, 0.3) is 61.4 Å².